The summed E-state index contributed by atoms with van der Waals surface area (Å²) >= 11 is 0. The number of hydrogen-bond acceptors (Lipinski definition) is 7. The summed E-state index contributed by atoms with van der Waals surface area (Å²) in [5.74, 6) is 2.31. The average molecular weight is 350 g/mol. The fourth-order valence-electron chi connectivity index (χ4n) is 1.86. The summed E-state index contributed by atoms with van der Waals surface area (Å²) in [6.07, 6.45) is 5.52. The van der Waals surface area contributed by atoms with Crippen LogP contribution in [0.1, 0.15) is 26.3 Å². The van der Waals surface area contributed by atoms with Gasteiger partial charge in [0.2, 0.25) is 0 Å². The molecule has 0 aliphatic rings. The van der Waals surface area contributed by atoms with Crippen LogP contribution in [0.15, 0.2) is 12.1 Å². The number of esters is 2. The van der Waals surface area contributed by atoms with E-state index >= 15 is 0 Å². The van der Waals surface area contributed by atoms with Gasteiger partial charge >= 0.3 is 11.9 Å². The van der Waals surface area contributed by atoms with Gasteiger partial charge in [0, 0.05) is 12.1 Å². The number of carbonyl (C=O) groups excluding carboxylic acids is 2. The van der Waals surface area contributed by atoms with Crippen LogP contribution in [0.3, 0.4) is 0 Å². The van der Waals surface area contributed by atoms with E-state index in [4.69, 9.17) is 30.1 Å². The van der Waals surface area contributed by atoms with Crippen LogP contribution in [0.2, 0.25) is 0 Å². The Morgan fingerprint density at radius 2 is 1.40 bits per heavy atom. The van der Waals surface area contributed by atoms with Gasteiger partial charge in [-0.15, -0.1) is 6.42 Å². The Kier molecular flexibility index (Phi) is 8.72. The molecule has 0 bridgehead atoms. The van der Waals surface area contributed by atoms with Crippen molar-refractivity contribution >= 4 is 11.9 Å². The molecule has 0 amide bonds. The first-order valence-electron chi connectivity index (χ1n) is 7.89. The van der Waals surface area contributed by atoms with Crippen molar-refractivity contribution < 1.29 is 33.3 Å². The molecular formula is C18H22O7. The number of ether oxygens (including phenoxy) is 5. The molecule has 1 aromatic carbocycles. The molecule has 7 nitrogen and oxygen atoms in total. The van der Waals surface area contributed by atoms with Crippen LogP contribution in [0.25, 0.3) is 0 Å². The van der Waals surface area contributed by atoms with E-state index in [1.165, 1.54) is 6.07 Å². The molecular weight excluding hydrogens is 328 g/mol. The number of hydrogen-bond donors (Lipinski definition) is 0. The molecule has 0 aromatic heterocycles. The summed E-state index contributed by atoms with van der Waals surface area (Å²) in [5.41, 5.74) is 0.342. The minimum atomic E-state index is -0.527. The Bertz CT molecular complexity index is 631. The standard InChI is InChI=1S/C18H22O7/c1-5-14-15(21-6-2)9-13(24-11-17(19)22-7-3)10-16(14)25-12-18(20)23-8-4/h1,9-10H,6-8,11-12H2,2-4H3. The molecule has 1 rings (SSSR count). The van der Waals surface area contributed by atoms with Gasteiger partial charge in [0.15, 0.2) is 13.2 Å². The Morgan fingerprint density at radius 1 is 0.880 bits per heavy atom. The van der Waals surface area contributed by atoms with Crippen molar-refractivity contribution in [3.05, 3.63) is 17.7 Å². The van der Waals surface area contributed by atoms with E-state index in [0.717, 1.165) is 0 Å². The molecule has 0 atom stereocenters. The fourth-order valence-corrected chi connectivity index (χ4v) is 1.86. The van der Waals surface area contributed by atoms with Crippen LogP contribution in [-0.2, 0) is 19.1 Å². The Labute approximate surface area is 147 Å². The number of carbonyl (C=O) groups is 2. The number of rotatable bonds is 10. The quantitative estimate of drug-likeness (QED) is 0.471. The number of benzene rings is 1. The molecule has 0 saturated carbocycles. The lowest BCUT2D eigenvalue weighted by atomic mass is 10.1. The first kappa shape index (κ1) is 20.2. The van der Waals surface area contributed by atoms with Crippen molar-refractivity contribution in [3.63, 3.8) is 0 Å². The third kappa shape index (κ3) is 6.63. The fraction of sp³-hybridized carbons (Fsp3) is 0.444. The third-order valence-corrected chi connectivity index (χ3v) is 2.80. The van der Waals surface area contributed by atoms with Gasteiger partial charge in [-0.1, -0.05) is 5.92 Å². The molecule has 0 saturated heterocycles. The highest BCUT2D eigenvalue weighted by atomic mass is 16.6. The lowest BCUT2D eigenvalue weighted by Gasteiger charge is -2.15. The van der Waals surface area contributed by atoms with Gasteiger partial charge in [-0.25, -0.2) is 9.59 Å². The van der Waals surface area contributed by atoms with Gasteiger partial charge < -0.3 is 23.7 Å². The van der Waals surface area contributed by atoms with Crippen LogP contribution in [0, 0.1) is 12.3 Å². The van der Waals surface area contributed by atoms with Gasteiger partial charge in [-0.05, 0) is 20.8 Å². The van der Waals surface area contributed by atoms with Crippen molar-refractivity contribution in [2.24, 2.45) is 0 Å². The minimum absolute atomic E-state index is 0.223. The van der Waals surface area contributed by atoms with E-state index in [1.54, 1.807) is 26.8 Å². The van der Waals surface area contributed by atoms with Crippen molar-refractivity contribution in [1.82, 2.24) is 0 Å². The van der Waals surface area contributed by atoms with E-state index in [1.807, 2.05) is 0 Å². The molecule has 0 unspecified atom stereocenters. The van der Waals surface area contributed by atoms with Crippen LogP contribution in [0.4, 0.5) is 0 Å². The monoisotopic (exact) mass is 350 g/mol. The lowest BCUT2D eigenvalue weighted by molar-refractivity contribution is -0.146. The molecule has 1 aromatic rings. The maximum Gasteiger partial charge on any atom is 0.344 e. The van der Waals surface area contributed by atoms with Crippen LogP contribution in [-0.4, -0.2) is 45.0 Å². The summed E-state index contributed by atoms with van der Waals surface area (Å²) in [4.78, 5) is 22.9. The highest BCUT2D eigenvalue weighted by molar-refractivity contribution is 5.72. The first-order valence-corrected chi connectivity index (χ1v) is 7.89. The van der Waals surface area contributed by atoms with Crippen molar-refractivity contribution in [3.8, 4) is 29.6 Å². The van der Waals surface area contributed by atoms with Crippen molar-refractivity contribution in [2.75, 3.05) is 33.0 Å². The maximum absolute atomic E-state index is 11.5. The summed E-state index contributed by atoms with van der Waals surface area (Å²) < 4.78 is 25.9. The highest BCUT2D eigenvalue weighted by Crippen LogP contribution is 2.34. The maximum atomic E-state index is 11.5. The van der Waals surface area contributed by atoms with E-state index < -0.39 is 11.9 Å². The zero-order valence-corrected chi connectivity index (χ0v) is 14.6. The molecule has 0 N–H and O–H groups in total. The van der Waals surface area contributed by atoms with Crippen LogP contribution >= 0.6 is 0 Å². The van der Waals surface area contributed by atoms with Gasteiger partial charge in [-0.3, -0.25) is 0 Å². The molecule has 0 heterocycles. The second-order valence-corrected chi connectivity index (χ2v) is 4.56. The lowest BCUT2D eigenvalue weighted by Crippen LogP contribution is -2.16. The molecule has 25 heavy (non-hydrogen) atoms. The molecule has 0 aliphatic heterocycles. The van der Waals surface area contributed by atoms with E-state index in [0.29, 0.717) is 23.7 Å². The first-order chi connectivity index (χ1) is 12.0. The largest absolute Gasteiger partial charge is 0.492 e. The summed E-state index contributed by atoms with van der Waals surface area (Å²) in [6.45, 7) is 5.49. The Balaban J connectivity index is 2.99. The van der Waals surface area contributed by atoms with E-state index in [2.05, 4.69) is 5.92 Å². The summed E-state index contributed by atoms with van der Waals surface area (Å²) in [5, 5.41) is 0. The summed E-state index contributed by atoms with van der Waals surface area (Å²) in [7, 11) is 0. The smallest absolute Gasteiger partial charge is 0.344 e. The second kappa shape index (κ2) is 10.8. The SMILES string of the molecule is C#Cc1c(OCC)cc(OCC(=O)OCC)cc1OCC(=O)OCC. The van der Waals surface area contributed by atoms with Crippen LogP contribution in [0.5, 0.6) is 17.2 Å². The average Bonchev–Trinajstić information content (AvgIpc) is 2.59. The van der Waals surface area contributed by atoms with Crippen molar-refractivity contribution in [1.29, 1.82) is 0 Å². The molecule has 0 spiro atoms. The zero-order chi connectivity index (χ0) is 18.7. The highest BCUT2D eigenvalue weighted by Gasteiger charge is 2.15. The molecule has 0 radical (unpaired) electrons. The molecule has 7 heteroatoms. The minimum Gasteiger partial charge on any atom is -0.492 e. The third-order valence-electron chi connectivity index (χ3n) is 2.80. The number of terminal acetylenes is 1. The van der Waals surface area contributed by atoms with Crippen LogP contribution < -0.4 is 14.2 Å². The van der Waals surface area contributed by atoms with Gasteiger partial charge in [0.05, 0.1) is 19.8 Å². The zero-order valence-electron chi connectivity index (χ0n) is 14.6. The second-order valence-electron chi connectivity index (χ2n) is 4.56. The Hall–Kier alpha value is -2.88. The van der Waals surface area contributed by atoms with Gasteiger partial charge in [0.1, 0.15) is 22.8 Å². The normalized spacial score (nSPS) is 9.68. The summed E-state index contributed by atoms with van der Waals surface area (Å²) in [6, 6.07) is 3.03. The van der Waals surface area contributed by atoms with Crippen molar-refractivity contribution in [2.45, 2.75) is 20.8 Å². The molecule has 0 fully saturated rings. The van der Waals surface area contributed by atoms with E-state index in [-0.39, 0.29) is 32.2 Å². The van der Waals surface area contributed by atoms with Gasteiger partial charge in [-0.2, -0.15) is 0 Å². The molecule has 0 aliphatic carbocycles. The van der Waals surface area contributed by atoms with E-state index in [9.17, 15) is 9.59 Å². The van der Waals surface area contributed by atoms with Gasteiger partial charge in [0.25, 0.3) is 0 Å². The Morgan fingerprint density at radius 3 is 1.88 bits per heavy atom. The predicted molar refractivity (Wildman–Crippen MR) is 89.8 cm³/mol. The predicted octanol–water partition coefficient (Wildman–Crippen LogP) is 1.95. The molecule has 136 valence electrons. The topological polar surface area (TPSA) is 80.3 Å².